The van der Waals surface area contributed by atoms with Gasteiger partial charge in [0.1, 0.15) is 5.76 Å². The summed E-state index contributed by atoms with van der Waals surface area (Å²) < 4.78 is 5.36. The zero-order valence-electron chi connectivity index (χ0n) is 13.7. The first-order valence-electron chi connectivity index (χ1n) is 7.54. The summed E-state index contributed by atoms with van der Waals surface area (Å²) in [6, 6.07) is 9.22. The third-order valence-corrected chi connectivity index (χ3v) is 3.84. The minimum absolute atomic E-state index is 0.510. The third-order valence-electron chi connectivity index (χ3n) is 3.84. The van der Waals surface area contributed by atoms with Crippen molar-refractivity contribution in [2.75, 3.05) is 11.9 Å². The van der Waals surface area contributed by atoms with E-state index in [4.69, 9.17) is 4.42 Å². The predicted molar refractivity (Wildman–Crippen MR) is 88.7 cm³/mol. The lowest BCUT2D eigenvalue weighted by molar-refractivity contribution is 0.529. The van der Waals surface area contributed by atoms with Crippen molar-refractivity contribution >= 4 is 5.69 Å². The number of rotatable bonds is 6. The number of benzene rings is 1. The number of nitrogens with zero attached hydrogens (tertiary/aromatic N) is 1. The van der Waals surface area contributed by atoms with Gasteiger partial charge in [0.15, 0.2) is 0 Å². The van der Waals surface area contributed by atoms with Crippen LogP contribution in [0.1, 0.15) is 36.3 Å². The van der Waals surface area contributed by atoms with Crippen molar-refractivity contribution < 1.29 is 4.42 Å². The minimum Gasteiger partial charge on any atom is -0.469 e. The molecule has 0 saturated heterocycles. The Bertz CT molecular complexity index is 587. The van der Waals surface area contributed by atoms with Gasteiger partial charge in [-0.1, -0.05) is 19.9 Å². The van der Waals surface area contributed by atoms with Crippen molar-refractivity contribution in [2.24, 2.45) is 0 Å². The third kappa shape index (κ3) is 4.11. The molecule has 0 bridgehead atoms. The van der Waals surface area contributed by atoms with Crippen LogP contribution in [-0.2, 0) is 13.1 Å². The van der Waals surface area contributed by atoms with Crippen molar-refractivity contribution in [3.05, 3.63) is 53.0 Å². The molecule has 21 heavy (non-hydrogen) atoms. The van der Waals surface area contributed by atoms with Gasteiger partial charge in [0.05, 0.1) is 6.26 Å². The molecule has 3 nitrogen and oxygen atoms in total. The van der Waals surface area contributed by atoms with Crippen LogP contribution in [0.5, 0.6) is 0 Å². The van der Waals surface area contributed by atoms with Crippen molar-refractivity contribution in [3.8, 4) is 0 Å². The summed E-state index contributed by atoms with van der Waals surface area (Å²) in [6.07, 6.45) is 1.75. The highest BCUT2D eigenvalue weighted by molar-refractivity contribution is 5.50. The van der Waals surface area contributed by atoms with Gasteiger partial charge in [-0.2, -0.15) is 0 Å². The molecule has 1 aromatic carbocycles. The maximum Gasteiger partial charge on any atom is 0.105 e. The second kappa shape index (κ2) is 6.81. The van der Waals surface area contributed by atoms with Crippen LogP contribution in [0.2, 0.25) is 0 Å². The van der Waals surface area contributed by atoms with Crippen molar-refractivity contribution in [1.82, 2.24) is 5.32 Å². The van der Waals surface area contributed by atoms with Crippen LogP contribution < -0.4 is 10.2 Å². The van der Waals surface area contributed by atoms with Gasteiger partial charge in [-0.05, 0) is 43.2 Å². The van der Waals surface area contributed by atoms with Crippen LogP contribution in [-0.4, -0.2) is 13.1 Å². The monoisotopic (exact) mass is 286 g/mol. The fraction of sp³-hybridized carbons (Fsp3) is 0.444. The molecule has 0 radical (unpaired) electrons. The number of furan rings is 1. The Hall–Kier alpha value is -1.74. The molecule has 0 atom stereocenters. The van der Waals surface area contributed by atoms with Crippen LogP contribution in [0.4, 0.5) is 5.69 Å². The lowest BCUT2D eigenvalue weighted by Gasteiger charge is -2.21. The first kappa shape index (κ1) is 15.6. The van der Waals surface area contributed by atoms with Crippen LogP contribution >= 0.6 is 0 Å². The van der Waals surface area contributed by atoms with Gasteiger partial charge < -0.3 is 14.6 Å². The summed E-state index contributed by atoms with van der Waals surface area (Å²) in [5.74, 6) is 0.997. The maximum atomic E-state index is 5.36. The van der Waals surface area contributed by atoms with E-state index in [-0.39, 0.29) is 0 Å². The highest BCUT2D eigenvalue weighted by atomic mass is 16.3. The molecular formula is C18H26N2O. The summed E-state index contributed by atoms with van der Waals surface area (Å²) >= 11 is 0. The fourth-order valence-electron chi connectivity index (χ4n) is 2.35. The van der Waals surface area contributed by atoms with Gasteiger partial charge >= 0.3 is 0 Å². The number of aryl methyl sites for hydroxylation is 2. The van der Waals surface area contributed by atoms with Crippen LogP contribution in [0.3, 0.4) is 0 Å². The molecule has 2 rings (SSSR count). The predicted octanol–water partition coefficient (Wildman–Crippen LogP) is 4.03. The Morgan fingerprint density at radius 1 is 1.14 bits per heavy atom. The summed E-state index contributed by atoms with van der Waals surface area (Å²) in [4.78, 5) is 2.25. The molecule has 0 saturated carbocycles. The summed E-state index contributed by atoms with van der Waals surface area (Å²) in [5.41, 5.74) is 5.17. The van der Waals surface area contributed by atoms with Gasteiger partial charge in [-0.15, -0.1) is 0 Å². The Labute approximate surface area is 128 Å². The van der Waals surface area contributed by atoms with Gasteiger partial charge in [0.2, 0.25) is 0 Å². The number of hydrogen-bond acceptors (Lipinski definition) is 3. The van der Waals surface area contributed by atoms with Crippen molar-refractivity contribution in [1.29, 1.82) is 0 Å². The molecule has 2 aromatic rings. The SMILES string of the molecule is Cc1cc(N(C)Cc2ccoc2C)ccc1CNC(C)C. The van der Waals surface area contributed by atoms with Gasteiger partial charge in [0, 0.05) is 37.4 Å². The molecule has 0 fully saturated rings. The van der Waals surface area contributed by atoms with E-state index in [1.165, 1.54) is 22.4 Å². The maximum absolute atomic E-state index is 5.36. The first-order chi connectivity index (χ1) is 9.97. The zero-order chi connectivity index (χ0) is 15.4. The molecule has 0 spiro atoms. The van der Waals surface area contributed by atoms with Crippen molar-refractivity contribution in [2.45, 2.75) is 46.8 Å². The summed E-state index contributed by atoms with van der Waals surface area (Å²) in [6.45, 7) is 10.3. The van der Waals surface area contributed by atoms with Crippen molar-refractivity contribution in [3.63, 3.8) is 0 Å². The zero-order valence-corrected chi connectivity index (χ0v) is 13.7. The molecule has 1 heterocycles. The molecule has 114 valence electrons. The minimum atomic E-state index is 0.510. The average molecular weight is 286 g/mol. The second-order valence-corrected chi connectivity index (χ2v) is 6.00. The molecule has 0 aliphatic heterocycles. The lowest BCUT2D eigenvalue weighted by Crippen LogP contribution is -2.22. The van der Waals surface area contributed by atoms with E-state index in [1.54, 1.807) is 6.26 Å². The molecule has 1 N–H and O–H groups in total. The molecule has 0 amide bonds. The standard InChI is InChI=1S/C18H26N2O/c1-13(2)19-11-16-6-7-18(10-14(16)3)20(5)12-17-8-9-21-15(17)4/h6-10,13,19H,11-12H2,1-5H3. The van der Waals surface area contributed by atoms with E-state index in [9.17, 15) is 0 Å². The van der Waals surface area contributed by atoms with E-state index in [2.05, 4.69) is 56.2 Å². The summed E-state index contributed by atoms with van der Waals surface area (Å²) in [5, 5.41) is 3.47. The fourth-order valence-corrected chi connectivity index (χ4v) is 2.35. The highest BCUT2D eigenvalue weighted by Crippen LogP contribution is 2.21. The molecule has 1 aromatic heterocycles. The largest absolute Gasteiger partial charge is 0.469 e. The molecular weight excluding hydrogens is 260 g/mol. The molecule has 3 heteroatoms. The van der Waals surface area contributed by atoms with E-state index in [0.717, 1.165) is 18.8 Å². The molecule has 0 aliphatic rings. The number of anilines is 1. The topological polar surface area (TPSA) is 28.4 Å². The van der Waals surface area contributed by atoms with E-state index < -0.39 is 0 Å². The van der Waals surface area contributed by atoms with E-state index in [1.807, 2.05) is 13.0 Å². The van der Waals surface area contributed by atoms with E-state index >= 15 is 0 Å². The lowest BCUT2D eigenvalue weighted by atomic mass is 10.1. The van der Waals surface area contributed by atoms with E-state index in [0.29, 0.717) is 6.04 Å². The van der Waals surface area contributed by atoms with Gasteiger partial charge in [-0.3, -0.25) is 0 Å². The Kier molecular flexibility index (Phi) is 5.07. The van der Waals surface area contributed by atoms with Gasteiger partial charge in [-0.25, -0.2) is 0 Å². The second-order valence-electron chi connectivity index (χ2n) is 6.00. The van der Waals surface area contributed by atoms with Crippen LogP contribution in [0, 0.1) is 13.8 Å². The first-order valence-corrected chi connectivity index (χ1v) is 7.54. The summed E-state index contributed by atoms with van der Waals surface area (Å²) in [7, 11) is 2.12. The average Bonchev–Trinajstić information content (AvgIpc) is 2.82. The Morgan fingerprint density at radius 3 is 2.48 bits per heavy atom. The quantitative estimate of drug-likeness (QED) is 0.869. The van der Waals surface area contributed by atoms with Gasteiger partial charge in [0.25, 0.3) is 0 Å². The van der Waals surface area contributed by atoms with Crippen LogP contribution in [0.25, 0.3) is 0 Å². The molecule has 0 unspecified atom stereocenters. The Morgan fingerprint density at radius 2 is 1.90 bits per heavy atom. The number of nitrogens with one attached hydrogen (secondary N) is 1. The van der Waals surface area contributed by atoms with Crippen LogP contribution in [0.15, 0.2) is 34.9 Å². The normalized spacial score (nSPS) is 11.1. The molecule has 0 aliphatic carbocycles. The smallest absolute Gasteiger partial charge is 0.105 e. The highest BCUT2D eigenvalue weighted by Gasteiger charge is 2.08. The number of hydrogen-bond donors (Lipinski definition) is 1. The Balaban J connectivity index is 2.06.